The summed E-state index contributed by atoms with van der Waals surface area (Å²) >= 11 is 5.31. The summed E-state index contributed by atoms with van der Waals surface area (Å²) < 4.78 is 1.07. The van der Waals surface area contributed by atoms with E-state index < -0.39 is 0 Å². The zero-order valence-electron chi connectivity index (χ0n) is 11.8. The zero-order valence-corrected chi connectivity index (χ0v) is 14.2. The third-order valence-corrected chi connectivity index (χ3v) is 4.95. The Morgan fingerprint density at radius 3 is 3.00 bits per heavy atom. The Kier molecular flexibility index (Phi) is 4.63. The molecule has 0 atom stereocenters. The van der Waals surface area contributed by atoms with Crippen LogP contribution in [0.25, 0.3) is 21.5 Å². The van der Waals surface area contributed by atoms with Crippen LogP contribution in [0.3, 0.4) is 0 Å². The molecule has 0 aliphatic rings. The molecule has 0 amide bonds. The summed E-state index contributed by atoms with van der Waals surface area (Å²) in [5.41, 5.74) is 2.09. The number of nitrogens with zero attached hydrogens (tertiary/aromatic N) is 2. The van der Waals surface area contributed by atoms with Crippen LogP contribution in [0.4, 0.5) is 0 Å². The van der Waals surface area contributed by atoms with E-state index in [2.05, 4.69) is 56.3 Å². The predicted octanol–water partition coefficient (Wildman–Crippen LogP) is 4.62. The van der Waals surface area contributed by atoms with Gasteiger partial charge in [-0.2, -0.15) is 0 Å². The molecular formula is C16H16BrN3S. The van der Waals surface area contributed by atoms with E-state index >= 15 is 0 Å². The first-order valence-electron chi connectivity index (χ1n) is 6.98. The number of halogens is 1. The lowest BCUT2D eigenvalue weighted by Gasteiger charge is -2.04. The minimum absolute atomic E-state index is 0.882. The first kappa shape index (κ1) is 14.6. The van der Waals surface area contributed by atoms with Crippen LogP contribution < -0.4 is 5.32 Å². The van der Waals surface area contributed by atoms with Gasteiger partial charge in [-0.15, -0.1) is 11.3 Å². The summed E-state index contributed by atoms with van der Waals surface area (Å²) in [5, 5.41) is 5.56. The molecule has 3 nitrogen and oxygen atoms in total. The van der Waals surface area contributed by atoms with Gasteiger partial charge in [-0.25, -0.2) is 4.98 Å². The zero-order chi connectivity index (χ0) is 14.7. The molecule has 0 unspecified atom stereocenters. The Bertz CT molecular complexity index is 754. The van der Waals surface area contributed by atoms with Crippen molar-refractivity contribution in [2.24, 2.45) is 0 Å². The summed E-state index contributed by atoms with van der Waals surface area (Å²) in [6, 6.07) is 8.18. The molecule has 21 heavy (non-hydrogen) atoms. The molecule has 0 saturated carbocycles. The van der Waals surface area contributed by atoms with Crippen LogP contribution in [-0.4, -0.2) is 16.5 Å². The first-order valence-corrected chi connectivity index (χ1v) is 8.59. The average Bonchev–Trinajstić information content (AvgIpc) is 2.97. The van der Waals surface area contributed by atoms with Crippen LogP contribution in [0, 0.1) is 0 Å². The molecule has 0 aliphatic carbocycles. The highest BCUT2D eigenvalue weighted by molar-refractivity contribution is 9.10. The SMILES string of the molecule is CCCNCc1cnc(-c2ccc(Br)c3cccnc23)s1. The molecular weight excluding hydrogens is 346 g/mol. The summed E-state index contributed by atoms with van der Waals surface area (Å²) in [7, 11) is 0. The van der Waals surface area contributed by atoms with Crippen LogP contribution >= 0.6 is 27.3 Å². The number of rotatable bonds is 5. The van der Waals surface area contributed by atoms with Crippen molar-refractivity contribution in [2.75, 3.05) is 6.54 Å². The van der Waals surface area contributed by atoms with Crippen LogP contribution in [-0.2, 0) is 6.54 Å². The standard InChI is InChI=1S/C16H16BrN3S/c1-2-7-18-9-11-10-20-16(21-11)13-5-6-14(17)12-4-3-8-19-15(12)13/h3-6,8,10,18H,2,7,9H2,1H3. The summed E-state index contributed by atoms with van der Waals surface area (Å²) in [4.78, 5) is 10.3. The summed E-state index contributed by atoms with van der Waals surface area (Å²) in [6.07, 6.45) is 4.93. The number of aromatic nitrogens is 2. The molecule has 3 rings (SSSR count). The molecule has 0 spiro atoms. The maximum absolute atomic E-state index is 4.57. The molecule has 0 saturated heterocycles. The Morgan fingerprint density at radius 2 is 2.14 bits per heavy atom. The largest absolute Gasteiger partial charge is 0.312 e. The van der Waals surface area contributed by atoms with Crippen molar-refractivity contribution in [1.82, 2.24) is 15.3 Å². The fourth-order valence-corrected chi connectivity index (χ4v) is 3.57. The van der Waals surface area contributed by atoms with Gasteiger partial charge in [0.2, 0.25) is 0 Å². The predicted molar refractivity (Wildman–Crippen MR) is 92.5 cm³/mol. The number of thiazole rings is 1. The first-order chi connectivity index (χ1) is 10.3. The minimum Gasteiger partial charge on any atom is -0.312 e. The van der Waals surface area contributed by atoms with Gasteiger partial charge in [-0.3, -0.25) is 4.98 Å². The number of hydrogen-bond donors (Lipinski definition) is 1. The van der Waals surface area contributed by atoms with Crippen LogP contribution in [0.5, 0.6) is 0 Å². The summed E-state index contributed by atoms with van der Waals surface area (Å²) in [5.74, 6) is 0. The molecule has 2 heterocycles. The molecule has 1 N–H and O–H groups in total. The monoisotopic (exact) mass is 361 g/mol. The lowest BCUT2D eigenvalue weighted by molar-refractivity contribution is 0.681. The van der Waals surface area contributed by atoms with Gasteiger partial charge in [0.15, 0.2) is 0 Å². The minimum atomic E-state index is 0.882. The van der Waals surface area contributed by atoms with Crippen LogP contribution in [0.2, 0.25) is 0 Å². The fourth-order valence-electron chi connectivity index (χ4n) is 2.21. The van der Waals surface area contributed by atoms with Crippen LogP contribution in [0.15, 0.2) is 41.1 Å². The van der Waals surface area contributed by atoms with Crippen molar-refractivity contribution in [1.29, 1.82) is 0 Å². The Balaban J connectivity index is 1.96. The molecule has 1 aromatic carbocycles. The molecule has 0 aliphatic heterocycles. The molecule has 0 bridgehead atoms. The third-order valence-electron chi connectivity index (χ3n) is 3.23. The van der Waals surface area contributed by atoms with E-state index in [1.54, 1.807) is 11.3 Å². The van der Waals surface area contributed by atoms with E-state index in [0.29, 0.717) is 0 Å². The average molecular weight is 362 g/mol. The van der Waals surface area contributed by atoms with E-state index in [0.717, 1.165) is 45.5 Å². The second kappa shape index (κ2) is 6.64. The highest BCUT2D eigenvalue weighted by Gasteiger charge is 2.11. The van der Waals surface area contributed by atoms with Gasteiger partial charge in [0, 0.05) is 39.2 Å². The van der Waals surface area contributed by atoms with E-state index in [4.69, 9.17) is 0 Å². The fraction of sp³-hybridized carbons (Fsp3) is 0.250. The van der Waals surface area contributed by atoms with Gasteiger partial charge in [-0.1, -0.05) is 28.9 Å². The van der Waals surface area contributed by atoms with Crippen molar-refractivity contribution in [3.05, 3.63) is 46.0 Å². The third kappa shape index (κ3) is 3.15. The maximum atomic E-state index is 4.57. The van der Waals surface area contributed by atoms with E-state index in [1.807, 2.05) is 18.5 Å². The van der Waals surface area contributed by atoms with Gasteiger partial charge in [0.25, 0.3) is 0 Å². The highest BCUT2D eigenvalue weighted by Crippen LogP contribution is 2.33. The molecule has 3 aromatic rings. The van der Waals surface area contributed by atoms with Gasteiger partial charge in [0.1, 0.15) is 5.01 Å². The van der Waals surface area contributed by atoms with Crippen molar-refractivity contribution >= 4 is 38.2 Å². The van der Waals surface area contributed by atoms with Crippen molar-refractivity contribution in [2.45, 2.75) is 19.9 Å². The quantitative estimate of drug-likeness (QED) is 0.673. The molecule has 0 radical (unpaired) electrons. The number of hydrogen-bond acceptors (Lipinski definition) is 4. The van der Waals surface area contributed by atoms with Gasteiger partial charge < -0.3 is 5.32 Å². The maximum Gasteiger partial charge on any atom is 0.125 e. The van der Waals surface area contributed by atoms with Gasteiger partial charge in [0.05, 0.1) is 5.52 Å². The Hall–Kier alpha value is -1.30. The van der Waals surface area contributed by atoms with E-state index in [1.165, 1.54) is 4.88 Å². The summed E-state index contributed by atoms with van der Waals surface area (Å²) in [6.45, 7) is 4.09. The van der Waals surface area contributed by atoms with Gasteiger partial charge >= 0.3 is 0 Å². The topological polar surface area (TPSA) is 37.8 Å². The van der Waals surface area contributed by atoms with Crippen molar-refractivity contribution in [3.63, 3.8) is 0 Å². The second-order valence-corrected chi connectivity index (χ2v) is 6.77. The number of pyridine rings is 1. The molecule has 108 valence electrons. The van der Waals surface area contributed by atoms with E-state index in [-0.39, 0.29) is 0 Å². The van der Waals surface area contributed by atoms with Crippen molar-refractivity contribution < 1.29 is 0 Å². The number of nitrogens with one attached hydrogen (secondary N) is 1. The lowest BCUT2D eigenvalue weighted by atomic mass is 10.1. The molecule has 2 aromatic heterocycles. The van der Waals surface area contributed by atoms with Gasteiger partial charge in [-0.05, 0) is 31.2 Å². The lowest BCUT2D eigenvalue weighted by Crippen LogP contribution is -2.12. The van der Waals surface area contributed by atoms with E-state index in [9.17, 15) is 0 Å². The number of benzene rings is 1. The normalized spacial score (nSPS) is 11.1. The highest BCUT2D eigenvalue weighted by atomic mass is 79.9. The van der Waals surface area contributed by atoms with Crippen molar-refractivity contribution in [3.8, 4) is 10.6 Å². The number of fused-ring (bicyclic) bond motifs is 1. The molecule has 5 heteroatoms. The Morgan fingerprint density at radius 1 is 1.24 bits per heavy atom. The smallest absolute Gasteiger partial charge is 0.125 e. The second-order valence-electron chi connectivity index (χ2n) is 4.80. The Labute approximate surface area is 136 Å². The van der Waals surface area contributed by atoms with Crippen LogP contribution in [0.1, 0.15) is 18.2 Å². The molecule has 0 fully saturated rings.